The number of hydrogen-bond acceptors (Lipinski definition) is 0. The Kier molecular flexibility index (Phi) is 2.06. The van der Waals surface area contributed by atoms with Crippen LogP contribution in [0, 0.1) is 0 Å². The lowest BCUT2D eigenvalue weighted by atomic mass is 11.5. The van der Waals surface area contributed by atoms with E-state index in [-0.39, 0.29) is 0 Å². The molecule has 0 saturated carbocycles. The van der Waals surface area contributed by atoms with Gasteiger partial charge < -0.3 is 0 Å². The largest absolute Gasteiger partial charge is 0.404 e. The number of rotatable bonds is 0. The van der Waals surface area contributed by atoms with Crippen molar-refractivity contribution in [2.45, 2.75) is 5.92 Å². The zero-order valence-electron chi connectivity index (χ0n) is 4.08. The molecule has 0 aromatic rings. The van der Waals surface area contributed by atoms with Gasteiger partial charge in [0.1, 0.15) is 0 Å². The second-order valence-electron chi connectivity index (χ2n) is 1.36. The maximum Gasteiger partial charge on any atom is 0.404 e. The van der Waals surface area contributed by atoms with Crippen LogP contribution in [-0.4, -0.2) is 19.2 Å². The molecule has 0 aliphatic heterocycles. The maximum absolute atomic E-state index is 11.2. The average molecular weight is 130 g/mol. The molecule has 0 rings (SSSR count). The van der Waals surface area contributed by atoms with Gasteiger partial charge in [0.15, 0.2) is 0 Å². The predicted molar refractivity (Wildman–Crippen MR) is 24.8 cm³/mol. The topological polar surface area (TPSA) is 0 Å². The van der Waals surface area contributed by atoms with Crippen LogP contribution in [0.15, 0.2) is 0 Å². The first-order valence-corrected chi connectivity index (χ1v) is 3.92. The molecular weight excluding hydrogens is 124 g/mol. The summed E-state index contributed by atoms with van der Waals surface area (Å²) in [6, 6.07) is 0. The van der Waals surface area contributed by atoms with Gasteiger partial charge in [-0.3, -0.25) is 0 Å². The third kappa shape index (κ3) is 2.86. The van der Waals surface area contributed by atoms with E-state index in [2.05, 4.69) is 0 Å². The molecule has 0 amide bonds. The summed E-state index contributed by atoms with van der Waals surface area (Å²) in [5.74, 6) is -3.94. The van der Waals surface area contributed by atoms with Crippen LogP contribution < -0.4 is 0 Å². The minimum Gasteiger partial charge on any atom is -0.167 e. The summed E-state index contributed by atoms with van der Waals surface area (Å²) in [5.41, 5.74) is 0. The second-order valence-corrected chi connectivity index (χ2v) is 3.66. The van der Waals surface area contributed by atoms with E-state index >= 15 is 0 Å². The highest BCUT2D eigenvalue weighted by atomic mass is 31.1. The molecule has 0 aliphatic rings. The Morgan fingerprint density at radius 2 is 1.29 bits per heavy atom. The first-order chi connectivity index (χ1) is 2.94. The second kappa shape index (κ2) is 1.99. The lowest BCUT2D eigenvalue weighted by Crippen LogP contribution is -2.01. The van der Waals surface area contributed by atoms with Gasteiger partial charge in [0.25, 0.3) is 0 Å². The van der Waals surface area contributed by atoms with E-state index in [1.807, 2.05) is 0 Å². The zero-order valence-corrected chi connectivity index (χ0v) is 4.98. The Balaban J connectivity index is 3.54. The van der Waals surface area contributed by atoms with Crippen LogP contribution in [0.2, 0.25) is 0 Å². The van der Waals surface area contributed by atoms with E-state index in [0.29, 0.717) is 0 Å². The Hall–Kier alpha value is 0.220. The number of halogens is 3. The van der Waals surface area contributed by atoms with E-state index in [0.717, 1.165) is 0 Å². The van der Waals surface area contributed by atoms with Gasteiger partial charge in [-0.25, -0.2) is 0 Å². The third-order valence-electron chi connectivity index (χ3n) is 0.507. The summed E-state index contributed by atoms with van der Waals surface area (Å²) in [6.45, 7) is 2.38. The molecule has 0 aliphatic carbocycles. The zero-order chi connectivity index (χ0) is 6.08. The Labute approximate surface area is 41.5 Å². The minimum absolute atomic E-state index is 1.19. The van der Waals surface area contributed by atoms with Crippen molar-refractivity contribution in [3.63, 3.8) is 0 Å². The molecule has 0 atom stereocenters. The molecular formula is C3H6F3P. The van der Waals surface area contributed by atoms with Gasteiger partial charge in [-0.05, 0) is 21.3 Å². The van der Waals surface area contributed by atoms with Crippen molar-refractivity contribution in [2.75, 3.05) is 13.3 Å². The molecule has 0 saturated heterocycles. The Morgan fingerprint density at radius 1 is 1.14 bits per heavy atom. The van der Waals surface area contributed by atoms with E-state index in [1.165, 1.54) is 13.3 Å². The van der Waals surface area contributed by atoms with Crippen LogP contribution in [0.4, 0.5) is 13.2 Å². The first kappa shape index (κ1) is 7.22. The fourth-order valence-corrected chi connectivity index (χ4v) is 0. The number of hydrogen-bond donors (Lipinski definition) is 0. The third-order valence-corrected chi connectivity index (χ3v) is 1.52. The molecule has 0 heterocycles. The molecule has 0 N–H and O–H groups in total. The maximum atomic E-state index is 11.2. The monoisotopic (exact) mass is 130 g/mol. The summed E-state index contributed by atoms with van der Waals surface area (Å²) < 4.78 is 33.6. The highest BCUT2D eigenvalue weighted by Gasteiger charge is 2.31. The van der Waals surface area contributed by atoms with E-state index in [4.69, 9.17) is 0 Å². The summed E-state index contributed by atoms with van der Waals surface area (Å²) in [7, 11) is -1.74. The number of alkyl halides is 3. The van der Waals surface area contributed by atoms with E-state index in [1.54, 1.807) is 0 Å². The molecule has 4 heteroatoms. The van der Waals surface area contributed by atoms with Gasteiger partial charge in [-0.1, -0.05) is 0 Å². The Morgan fingerprint density at radius 3 is 1.29 bits per heavy atom. The van der Waals surface area contributed by atoms with Crippen molar-refractivity contribution < 1.29 is 13.2 Å². The van der Waals surface area contributed by atoms with Gasteiger partial charge >= 0.3 is 5.92 Å². The van der Waals surface area contributed by atoms with Crippen LogP contribution in [-0.2, 0) is 0 Å². The normalized spacial score (nSPS) is 12.9. The lowest BCUT2D eigenvalue weighted by Gasteiger charge is -2.08. The molecule has 44 valence electrons. The molecule has 0 radical (unpaired) electrons. The molecule has 0 nitrogen and oxygen atoms in total. The van der Waals surface area contributed by atoms with Crippen molar-refractivity contribution in [2.24, 2.45) is 0 Å². The molecule has 0 bridgehead atoms. The lowest BCUT2D eigenvalue weighted by molar-refractivity contribution is -0.0392. The SMILES string of the molecule is CP(C)C(F)(F)F. The fraction of sp³-hybridized carbons (Fsp3) is 1.00. The summed E-state index contributed by atoms with van der Waals surface area (Å²) in [6.07, 6.45) is 0. The van der Waals surface area contributed by atoms with Crippen LogP contribution in [0.1, 0.15) is 0 Å². The minimum atomic E-state index is -3.94. The molecule has 7 heavy (non-hydrogen) atoms. The van der Waals surface area contributed by atoms with Crippen LogP contribution >= 0.6 is 7.92 Å². The summed E-state index contributed by atoms with van der Waals surface area (Å²) in [5, 5.41) is 0. The van der Waals surface area contributed by atoms with Crippen molar-refractivity contribution in [3.8, 4) is 0 Å². The first-order valence-electron chi connectivity index (χ1n) is 1.68. The van der Waals surface area contributed by atoms with E-state index in [9.17, 15) is 13.2 Å². The Bertz CT molecular complexity index is 55.7. The fourth-order valence-electron chi connectivity index (χ4n) is 0. The van der Waals surface area contributed by atoms with Gasteiger partial charge in [-0.15, -0.1) is 0 Å². The van der Waals surface area contributed by atoms with Crippen LogP contribution in [0.3, 0.4) is 0 Å². The van der Waals surface area contributed by atoms with Crippen LogP contribution in [0.5, 0.6) is 0 Å². The van der Waals surface area contributed by atoms with Gasteiger partial charge in [0.2, 0.25) is 0 Å². The van der Waals surface area contributed by atoms with Crippen molar-refractivity contribution in [1.82, 2.24) is 0 Å². The van der Waals surface area contributed by atoms with Crippen molar-refractivity contribution in [3.05, 3.63) is 0 Å². The quantitative estimate of drug-likeness (QED) is 0.441. The van der Waals surface area contributed by atoms with Crippen molar-refractivity contribution in [1.29, 1.82) is 0 Å². The van der Waals surface area contributed by atoms with Crippen LogP contribution in [0.25, 0.3) is 0 Å². The summed E-state index contributed by atoms with van der Waals surface area (Å²) in [4.78, 5) is 0. The van der Waals surface area contributed by atoms with Gasteiger partial charge in [-0.2, -0.15) is 13.2 Å². The molecule has 0 aromatic heterocycles. The highest BCUT2D eigenvalue weighted by Crippen LogP contribution is 2.46. The molecule has 0 aromatic carbocycles. The molecule has 0 unspecified atom stereocenters. The predicted octanol–water partition coefficient (Wildman–Crippen LogP) is 2.25. The summed E-state index contributed by atoms with van der Waals surface area (Å²) >= 11 is 0. The molecule has 0 spiro atoms. The highest BCUT2D eigenvalue weighted by molar-refractivity contribution is 7.57. The average Bonchev–Trinajstić information content (AvgIpc) is 1.31. The van der Waals surface area contributed by atoms with Gasteiger partial charge in [0.05, 0.1) is 0 Å². The standard InChI is InChI=1S/C3H6F3P/c1-7(2)3(4,5)6/h1-2H3. The van der Waals surface area contributed by atoms with E-state index < -0.39 is 13.8 Å². The smallest absolute Gasteiger partial charge is 0.167 e. The van der Waals surface area contributed by atoms with Crippen molar-refractivity contribution >= 4 is 7.92 Å². The van der Waals surface area contributed by atoms with Gasteiger partial charge in [0, 0.05) is 0 Å². The molecule has 0 fully saturated rings.